The van der Waals surface area contributed by atoms with Crippen LogP contribution in [0.5, 0.6) is 0 Å². The van der Waals surface area contributed by atoms with Crippen molar-refractivity contribution >= 4 is 11.9 Å². The lowest BCUT2D eigenvalue weighted by atomic mass is 9.89. The van der Waals surface area contributed by atoms with Crippen LogP contribution in [0, 0.1) is 0 Å². The average Bonchev–Trinajstić information content (AvgIpc) is 2.59. The summed E-state index contributed by atoms with van der Waals surface area (Å²) in [5.41, 5.74) is 3.38. The molecule has 118 valence electrons. The Morgan fingerprint density at radius 3 is 2.57 bits per heavy atom. The number of carboxylic acids is 1. The van der Waals surface area contributed by atoms with E-state index >= 15 is 0 Å². The highest BCUT2D eigenvalue weighted by Crippen LogP contribution is 2.29. The molecule has 1 amide bonds. The first-order valence-corrected chi connectivity index (χ1v) is 7.79. The lowest BCUT2D eigenvalue weighted by Crippen LogP contribution is -2.40. The Hall–Kier alpha value is -2.62. The molecule has 1 unspecified atom stereocenters. The molecule has 0 aromatic heterocycles. The number of carbonyl (C=O) groups is 2. The molecule has 4 nitrogen and oxygen atoms in total. The van der Waals surface area contributed by atoms with E-state index < -0.39 is 11.9 Å². The summed E-state index contributed by atoms with van der Waals surface area (Å²) in [5.74, 6) is -1.65. The van der Waals surface area contributed by atoms with Crippen molar-refractivity contribution < 1.29 is 14.7 Å². The van der Waals surface area contributed by atoms with Crippen LogP contribution in [-0.4, -0.2) is 28.4 Å². The van der Waals surface area contributed by atoms with Crippen LogP contribution < -0.4 is 0 Å². The molecule has 0 aliphatic carbocycles. The lowest BCUT2D eigenvalue weighted by Gasteiger charge is -2.33. The van der Waals surface area contributed by atoms with Crippen molar-refractivity contribution in [2.24, 2.45) is 0 Å². The molecule has 1 N–H and O–H groups in total. The molecule has 2 aromatic rings. The molecular weight excluding hydrogens is 290 g/mol. The highest BCUT2D eigenvalue weighted by Gasteiger charge is 2.33. The van der Waals surface area contributed by atoms with Gasteiger partial charge in [-0.15, -0.1) is 0 Å². The van der Waals surface area contributed by atoms with Crippen molar-refractivity contribution in [3.8, 4) is 0 Å². The van der Waals surface area contributed by atoms with Gasteiger partial charge in [-0.1, -0.05) is 49.4 Å². The number of nitrogens with zero attached hydrogens (tertiary/aromatic N) is 1. The first-order valence-electron chi connectivity index (χ1n) is 7.79. The summed E-state index contributed by atoms with van der Waals surface area (Å²) in [5, 5.41) is 9.52. The Morgan fingerprint density at radius 1 is 1.13 bits per heavy atom. The van der Waals surface area contributed by atoms with Crippen molar-refractivity contribution in [1.82, 2.24) is 4.90 Å². The van der Waals surface area contributed by atoms with Crippen molar-refractivity contribution in [3.05, 3.63) is 70.8 Å². The molecule has 0 saturated carbocycles. The summed E-state index contributed by atoms with van der Waals surface area (Å²) in [4.78, 5) is 26.1. The SMILES string of the molecule is CCc1ccccc1C(=O)N1Cc2ccccc2C(C(=O)O)C1. The van der Waals surface area contributed by atoms with Gasteiger partial charge in [-0.25, -0.2) is 0 Å². The van der Waals surface area contributed by atoms with Crippen LogP contribution in [0.15, 0.2) is 48.5 Å². The number of aliphatic carboxylic acids is 1. The van der Waals surface area contributed by atoms with Crippen molar-refractivity contribution in [3.63, 3.8) is 0 Å². The van der Waals surface area contributed by atoms with E-state index in [1.54, 1.807) is 4.90 Å². The first kappa shape index (κ1) is 15.3. The van der Waals surface area contributed by atoms with Crippen molar-refractivity contribution in [1.29, 1.82) is 0 Å². The third kappa shape index (κ3) is 2.84. The number of aryl methyl sites for hydroxylation is 1. The minimum atomic E-state index is -0.890. The van der Waals surface area contributed by atoms with Crippen LogP contribution in [0.4, 0.5) is 0 Å². The number of fused-ring (bicyclic) bond motifs is 1. The number of hydrogen-bond donors (Lipinski definition) is 1. The molecule has 1 atom stereocenters. The van der Waals surface area contributed by atoms with Gasteiger partial charge < -0.3 is 10.0 Å². The van der Waals surface area contributed by atoms with Gasteiger partial charge in [-0.05, 0) is 29.2 Å². The van der Waals surface area contributed by atoms with E-state index in [1.165, 1.54) is 0 Å². The Labute approximate surface area is 135 Å². The molecule has 3 rings (SSSR count). The molecule has 0 radical (unpaired) electrons. The van der Waals surface area contributed by atoms with Crippen LogP contribution in [0.25, 0.3) is 0 Å². The van der Waals surface area contributed by atoms with Gasteiger partial charge >= 0.3 is 5.97 Å². The second-order valence-electron chi connectivity index (χ2n) is 5.79. The van der Waals surface area contributed by atoms with E-state index in [0.29, 0.717) is 12.1 Å². The van der Waals surface area contributed by atoms with Crippen LogP contribution in [0.1, 0.15) is 39.9 Å². The first-order chi connectivity index (χ1) is 11.1. The maximum atomic E-state index is 12.9. The van der Waals surface area contributed by atoms with Gasteiger partial charge in [0.05, 0.1) is 5.92 Å². The Morgan fingerprint density at radius 2 is 1.83 bits per heavy atom. The molecule has 1 aliphatic rings. The summed E-state index contributed by atoms with van der Waals surface area (Å²) >= 11 is 0. The minimum absolute atomic E-state index is 0.0943. The number of rotatable bonds is 3. The van der Waals surface area contributed by atoms with Gasteiger partial charge in [0.1, 0.15) is 0 Å². The Balaban J connectivity index is 1.96. The molecule has 23 heavy (non-hydrogen) atoms. The normalized spacial score (nSPS) is 16.7. The van der Waals surface area contributed by atoms with Crippen molar-refractivity contribution in [2.45, 2.75) is 25.8 Å². The molecule has 0 bridgehead atoms. The number of amides is 1. The summed E-state index contributed by atoms with van der Waals surface area (Å²) in [6, 6.07) is 15.0. The highest BCUT2D eigenvalue weighted by atomic mass is 16.4. The maximum Gasteiger partial charge on any atom is 0.312 e. The average molecular weight is 309 g/mol. The van der Waals surface area contributed by atoms with Gasteiger partial charge in [0.15, 0.2) is 0 Å². The van der Waals surface area contributed by atoms with E-state index in [0.717, 1.165) is 23.1 Å². The van der Waals surface area contributed by atoms with E-state index in [-0.39, 0.29) is 12.5 Å². The number of hydrogen-bond acceptors (Lipinski definition) is 2. The third-order valence-corrected chi connectivity index (χ3v) is 4.41. The summed E-state index contributed by atoms with van der Waals surface area (Å²) in [6.07, 6.45) is 0.773. The molecule has 1 aliphatic heterocycles. The monoisotopic (exact) mass is 309 g/mol. The zero-order valence-electron chi connectivity index (χ0n) is 13.0. The van der Waals surface area contributed by atoms with Gasteiger partial charge in [-0.3, -0.25) is 9.59 Å². The Bertz CT molecular complexity index is 754. The summed E-state index contributed by atoms with van der Waals surface area (Å²) in [7, 11) is 0. The standard InChI is InChI=1S/C19H19NO3/c1-2-13-7-3-6-10-16(13)18(21)20-11-14-8-4-5-9-15(14)17(12-20)19(22)23/h3-10,17H,2,11-12H2,1H3,(H,22,23). The van der Waals surface area contributed by atoms with E-state index in [2.05, 4.69) is 0 Å². The fourth-order valence-electron chi connectivity index (χ4n) is 3.18. The van der Waals surface area contributed by atoms with Gasteiger partial charge in [-0.2, -0.15) is 0 Å². The third-order valence-electron chi connectivity index (χ3n) is 4.41. The zero-order valence-corrected chi connectivity index (χ0v) is 13.0. The minimum Gasteiger partial charge on any atom is -0.481 e. The highest BCUT2D eigenvalue weighted by molar-refractivity contribution is 5.96. The predicted octanol–water partition coefficient (Wildman–Crippen LogP) is 3.07. The fourth-order valence-corrected chi connectivity index (χ4v) is 3.18. The van der Waals surface area contributed by atoms with Crippen LogP contribution >= 0.6 is 0 Å². The fraction of sp³-hybridized carbons (Fsp3) is 0.263. The molecule has 0 fully saturated rings. The molecule has 0 spiro atoms. The van der Waals surface area contributed by atoms with Gasteiger partial charge in [0.2, 0.25) is 0 Å². The van der Waals surface area contributed by atoms with Crippen LogP contribution in [0.2, 0.25) is 0 Å². The lowest BCUT2D eigenvalue weighted by molar-refractivity contribution is -0.139. The van der Waals surface area contributed by atoms with Gasteiger partial charge in [0, 0.05) is 18.7 Å². The van der Waals surface area contributed by atoms with E-state index in [1.807, 2.05) is 55.5 Å². The molecule has 2 aromatic carbocycles. The van der Waals surface area contributed by atoms with Gasteiger partial charge in [0.25, 0.3) is 5.91 Å². The molecule has 0 saturated heterocycles. The predicted molar refractivity (Wildman–Crippen MR) is 87.4 cm³/mol. The molecular formula is C19H19NO3. The quantitative estimate of drug-likeness (QED) is 0.948. The zero-order chi connectivity index (χ0) is 16.4. The van der Waals surface area contributed by atoms with E-state index in [4.69, 9.17) is 0 Å². The topological polar surface area (TPSA) is 57.6 Å². The Kier molecular flexibility index (Phi) is 4.15. The smallest absolute Gasteiger partial charge is 0.312 e. The number of carbonyl (C=O) groups excluding carboxylic acids is 1. The largest absolute Gasteiger partial charge is 0.481 e. The number of carboxylic acid groups (broad SMARTS) is 1. The molecule has 1 heterocycles. The number of benzene rings is 2. The molecule has 4 heteroatoms. The summed E-state index contributed by atoms with van der Waals surface area (Å²) < 4.78 is 0. The maximum absolute atomic E-state index is 12.9. The second-order valence-corrected chi connectivity index (χ2v) is 5.79. The van der Waals surface area contributed by atoms with E-state index in [9.17, 15) is 14.7 Å². The second kappa shape index (κ2) is 6.24. The summed E-state index contributed by atoms with van der Waals surface area (Å²) in [6.45, 7) is 2.68. The van der Waals surface area contributed by atoms with Crippen LogP contribution in [0.3, 0.4) is 0 Å². The van der Waals surface area contributed by atoms with Crippen molar-refractivity contribution in [2.75, 3.05) is 6.54 Å². The van der Waals surface area contributed by atoms with Crippen LogP contribution in [-0.2, 0) is 17.8 Å².